The molecule has 1 heterocycles. The lowest BCUT2D eigenvalue weighted by atomic mass is 10.3. The number of carbonyl (C=O) groups excluding carboxylic acids is 1. The predicted octanol–water partition coefficient (Wildman–Crippen LogP) is 2.41. The van der Waals surface area contributed by atoms with Crippen molar-refractivity contribution in [3.8, 4) is 0 Å². The Morgan fingerprint density at radius 1 is 1.53 bits per heavy atom. The first-order chi connectivity index (χ1) is 7.91. The van der Waals surface area contributed by atoms with Crippen LogP contribution < -0.4 is 0 Å². The summed E-state index contributed by atoms with van der Waals surface area (Å²) < 4.78 is 0. The van der Waals surface area contributed by atoms with Crippen molar-refractivity contribution < 1.29 is 14.7 Å². The highest BCUT2D eigenvalue weighted by molar-refractivity contribution is 8.00. The van der Waals surface area contributed by atoms with E-state index < -0.39 is 5.97 Å². The van der Waals surface area contributed by atoms with Gasteiger partial charge in [-0.05, 0) is 19.9 Å². The molecule has 0 fully saturated rings. The Balaban J connectivity index is 2.50. The molecule has 17 heavy (non-hydrogen) atoms. The van der Waals surface area contributed by atoms with Crippen LogP contribution in [0.4, 0.5) is 0 Å². The Hall–Kier alpha value is -1.01. The summed E-state index contributed by atoms with van der Waals surface area (Å²) >= 11 is 2.55. The Morgan fingerprint density at radius 3 is 2.65 bits per heavy atom. The summed E-state index contributed by atoms with van der Waals surface area (Å²) in [6.07, 6.45) is 0. The van der Waals surface area contributed by atoms with E-state index >= 15 is 0 Å². The molecule has 0 aliphatic rings. The van der Waals surface area contributed by atoms with Gasteiger partial charge in [-0.25, -0.2) is 4.79 Å². The monoisotopic (exact) mass is 273 g/mol. The highest BCUT2D eigenvalue weighted by Crippen LogP contribution is 2.25. The quantitative estimate of drug-likeness (QED) is 0.837. The first-order valence-corrected chi connectivity index (χ1v) is 6.98. The normalized spacial score (nSPS) is 10.6. The molecule has 0 saturated heterocycles. The van der Waals surface area contributed by atoms with Crippen LogP contribution in [0.15, 0.2) is 16.3 Å². The zero-order valence-electron chi connectivity index (χ0n) is 9.97. The average molecular weight is 273 g/mol. The van der Waals surface area contributed by atoms with Crippen molar-refractivity contribution in [2.45, 2.75) is 24.8 Å². The molecule has 0 atom stereocenters. The van der Waals surface area contributed by atoms with Crippen molar-refractivity contribution in [3.05, 3.63) is 16.3 Å². The number of carbonyl (C=O) groups is 2. The van der Waals surface area contributed by atoms with E-state index in [2.05, 4.69) is 0 Å². The number of hydrogen-bond acceptors (Lipinski definition) is 4. The van der Waals surface area contributed by atoms with E-state index in [1.54, 1.807) is 23.4 Å². The summed E-state index contributed by atoms with van der Waals surface area (Å²) in [4.78, 5) is 25.2. The molecule has 0 aliphatic carbocycles. The van der Waals surface area contributed by atoms with Crippen LogP contribution in [-0.4, -0.2) is 40.7 Å². The molecule has 1 N–H and O–H groups in total. The van der Waals surface area contributed by atoms with Gasteiger partial charge in [0.15, 0.2) is 0 Å². The first kappa shape index (κ1) is 14.1. The summed E-state index contributed by atoms with van der Waals surface area (Å²) in [6, 6.07) is 1.78. The van der Waals surface area contributed by atoms with Crippen molar-refractivity contribution in [3.63, 3.8) is 0 Å². The smallest absolute Gasteiger partial charge is 0.345 e. The van der Waals surface area contributed by atoms with E-state index in [0.717, 1.165) is 4.90 Å². The summed E-state index contributed by atoms with van der Waals surface area (Å²) in [6.45, 7) is 3.91. The fourth-order valence-corrected chi connectivity index (χ4v) is 2.83. The number of nitrogens with zero attached hydrogens (tertiary/aromatic N) is 1. The van der Waals surface area contributed by atoms with Gasteiger partial charge >= 0.3 is 5.97 Å². The zero-order chi connectivity index (χ0) is 13.0. The highest BCUT2D eigenvalue weighted by Gasteiger charge is 2.13. The lowest BCUT2D eigenvalue weighted by Gasteiger charge is -2.20. The lowest BCUT2D eigenvalue weighted by Crippen LogP contribution is -2.34. The van der Waals surface area contributed by atoms with Gasteiger partial charge in [-0.3, -0.25) is 4.79 Å². The molecule has 0 unspecified atom stereocenters. The van der Waals surface area contributed by atoms with E-state index in [-0.39, 0.29) is 11.9 Å². The average Bonchev–Trinajstić information content (AvgIpc) is 2.73. The van der Waals surface area contributed by atoms with Crippen LogP contribution in [-0.2, 0) is 4.79 Å². The van der Waals surface area contributed by atoms with Gasteiger partial charge in [0, 0.05) is 23.4 Å². The van der Waals surface area contributed by atoms with Crippen molar-refractivity contribution in [2.75, 3.05) is 12.8 Å². The van der Waals surface area contributed by atoms with Crippen LogP contribution in [0.5, 0.6) is 0 Å². The molecule has 1 aromatic heterocycles. The number of hydrogen-bond donors (Lipinski definition) is 1. The molecule has 0 aliphatic heterocycles. The van der Waals surface area contributed by atoms with Gasteiger partial charge in [-0.2, -0.15) is 0 Å². The number of carboxylic acids is 1. The number of aromatic carboxylic acids is 1. The second-order valence-corrected chi connectivity index (χ2v) is 5.80. The number of thiophene rings is 1. The minimum Gasteiger partial charge on any atom is -0.477 e. The summed E-state index contributed by atoms with van der Waals surface area (Å²) in [5.74, 6) is -0.537. The van der Waals surface area contributed by atoms with Crippen LogP contribution in [0, 0.1) is 0 Å². The first-order valence-electron chi connectivity index (χ1n) is 5.12. The van der Waals surface area contributed by atoms with Gasteiger partial charge in [-0.1, -0.05) is 0 Å². The molecular weight excluding hydrogens is 258 g/mol. The van der Waals surface area contributed by atoms with Crippen LogP contribution in [0.3, 0.4) is 0 Å². The maximum absolute atomic E-state index is 11.7. The molecule has 0 saturated carbocycles. The standard InChI is InChI=1S/C11H15NO3S2/c1-7(2)12(3)10(13)6-16-8-4-9(11(14)15)17-5-8/h4-5,7H,6H2,1-3H3,(H,14,15). The number of amides is 1. The van der Waals surface area contributed by atoms with Crippen molar-refractivity contribution in [1.82, 2.24) is 4.90 Å². The van der Waals surface area contributed by atoms with Gasteiger partial charge < -0.3 is 10.0 Å². The predicted molar refractivity (Wildman–Crippen MR) is 69.9 cm³/mol. The Labute approximate surface area is 109 Å². The Morgan fingerprint density at radius 2 is 2.18 bits per heavy atom. The SMILES string of the molecule is CC(C)N(C)C(=O)CSc1csc(C(=O)O)c1. The number of thioether (sulfide) groups is 1. The maximum atomic E-state index is 11.7. The third kappa shape index (κ3) is 4.05. The minimum atomic E-state index is -0.924. The third-order valence-electron chi connectivity index (χ3n) is 2.32. The van der Waals surface area contributed by atoms with E-state index in [1.807, 2.05) is 13.8 Å². The Kier molecular flexibility index (Phi) is 5.02. The lowest BCUT2D eigenvalue weighted by molar-refractivity contribution is -0.128. The van der Waals surface area contributed by atoms with Crippen LogP contribution >= 0.6 is 23.1 Å². The van der Waals surface area contributed by atoms with Crippen molar-refractivity contribution in [1.29, 1.82) is 0 Å². The molecule has 6 heteroatoms. The van der Waals surface area contributed by atoms with E-state index in [1.165, 1.54) is 23.1 Å². The van der Waals surface area contributed by atoms with Crippen molar-refractivity contribution in [2.24, 2.45) is 0 Å². The maximum Gasteiger partial charge on any atom is 0.345 e. The topological polar surface area (TPSA) is 57.6 Å². The van der Waals surface area contributed by atoms with E-state index in [4.69, 9.17) is 5.11 Å². The van der Waals surface area contributed by atoms with Crippen molar-refractivity contribution >= 4 is 35.0 Å². The molecule has 0 aromatic carbocycles. The second-order valence-electron chi connectivity index (χ2n) is 3.84. The molecule has 94 valence electrons. The molecule has 1 amide bonds. The van der Waals surface area contributed by atoms with Crippen LogP contribution in [0.25, 0.3) is 0 Å². The summed E-state index contributed by atoms with van der Waals surface area (Å²) in [5, 5.41) is 10.5. The fourth-order valence-electron chi connectivity index (χ4n) is 1.04. The molecule has 0 spiro atoms. The molecule has 1 rings (SSSR count). The van der Waals surface area contributed by atoms with Gasteiger partial charge in [0.25, 0.3) is 0 Å². The summed E-state index contributed by atoms with van der Waals surface area (Å²) in [7, 11) is 1.77. The molecule has 0 radical (unpaired) electrons. The minimum absolute atomic E-state index is 0.0491. The van der Waals surface area contributed by atoms with Gasteiger partial charge in [-0.15, -0.1) is 23.1 Å². The van der Waals surface area contributed by atoms with Gasteiger partial charge in [0.2, 0.25) is 5.91 Å². The number of carboxylic acid groups (broad SMARTS) is 1. The van der Waals surface area contributed by atoms with Gasteiger partial charge in [0.05, 0.1) is 5.75 Å². The second kappa shape index (κ2) is 6.07. The largest absolute Gasteiger partial charge is 0.477 e. The van der Waals surface area contributed by atoms with Crippen LogP contribution in [0.1, 0.15) is 23.5 Å². The Bertz CT molecular complexity index is 415. The highest BCUT2D eigenvalue weighted by atomic mass is 32.2. The fraction of sp³-hybridized carbons (Fsp3) is 0.455. The zero-order valence-corrected chi connectivity index (χ0v) is 11.6. The number of rotatable bonds is 5. The molecule has 0 bridgehead atoms. The molecular formula is C11H15NO3S2. The van der Waals surface area contributed by atoms with Crippen LogP contribution in [0.2, 0.25) is 0 Å². The molecule has 1 aromatic rings. The molecule has 4 nitrogen and oxygen atoms in total. The van der Waals surface area contributed by atoms with Gasteiger partial charge in [0.1, 0.15) is 4.88 Å². The third-order valence-corrected chi connectivity index (χ3v) is 4.34. The summed E-state index contributed by atoms with van der Waals surface area (Å²) in [5.41, 5.74) is 0. The van der Waals surface area contributed by atoms with E-state index in [0.29, 0.717) is 10.6 Å². The van der Waals surface area contributed by atoms with E-state index in [9.17, 15) is 9.59 Å².